The molecule has 0 amide bonds. The van der Waals surface area contributed by atoms with Gasteiger partial charge in [0.15, 0.2) is 0 Å². The molecule has 0 N–H and O–H groups in total. The maximum Gasteiger partial charge on any atom is 0.305 e. The van der Waals surface area contributed by atoms with Crippen molar-refractivity contribution >= 4 is 5.97 Å². The first kappa shape index (κ1) is 7.54. The Kier molecular flexibility index (Phi) is 2.68. The molecule has 0 aromatic heterocycles. The Morgan fingerprint density at radius 2 is 2.50 bits per heavy atom. The molecule has 1 fully saturated rings. The Bertz CT molecular complexity index is 118. The van der Waals surface area contributed by atoms with E-state index in [0.29, 0.717) is 19.1 Å². The minimum Gasteiger partial charge on any atom is -0.466 e. The van der Waals surface area contributed by atoms with Crippen molar-refractivity contribution in [3.8, 4) is 0 Å². The highest BCUT2D eigenvalue weighted by Crippen LogP contribution is 2.15. The molecule has 0 saturated carbocycles. The zero-order valence-corrected chi connectivity index (χ0v) is 6.13. The van der Waals surface area contributed by atoms with Crippen molar-refractivity contribution in [1.82, 2.24) is 0 Å². The van der Waals surface area contributed by atoms with Crippen molar-refractivity contribution < 1.29 is 14.3 Å². The zero-order chi connectivity index (χ0) is 7.40. The Morgan fingerprint density at radius 3 is 3.00 bits per heavy atom. The van der Waals surface area contributed by atoms with Crippen LogP contribution in [0.15, 0.2) is 0 Å². The van der Waals surface area contributed by atoms with Gasteiger partial charge in [-0.3, -0.25) is 4.79 Å². The highest BCUT2D eigenvalue weighted by atomic mass is 16.6. The summed E-state index contributed by atoms with van der Waals surface area (Å²) >= 11 is 0. The quantitative estimate of drug-likeness (QED) is 0.431. The molecule has 58 valence electrons. The third kappa shape index (κ3) is 2.82. The van der Waals surface area contributed by atoms with Gasteiger partial charge >= 0.3 is 5.97 Å². The monoisotopic (exact) mass is 144 g/mol. The molecule has 0 aromatic rings. The number of ether oxygens (including phenoxy) is 2. The fourth-order valence-electron chi connectivity index (χ4n) is 0.747. The van der Waals surface area contributed by atoms with E-state index >= 15 is 0 Å². The number of carbonyl (C=O) groups excluding carboxylic acids is 1. The van der Waals surface area contributed by atoms with E-state index < -0.39 is 0 Å². The van der Waals surface area contributed by atoms with Crippen molar-refractivity contribution in [3.05, 3.63) is 0 Å². The van der Waals surface area contributed by atoms with Crippen LogP contribution in [0, 0.1) is 0 Å². The summed E-state index contributed by atoms with van der Waals surface area (Å²) in [6.45, 7) is 3.11. The molecule has 1 aliphatic rings. The molecule has 0 aliphatic carbocycles. The van der Waals surface area contributed by atoms with Crippen LogP contribution in [0.2, 0.25) is 0 Å². The van der Waals surface area contributed by atoms with E-state index in [1.54, 1.807) is 0 Å². The van der Waals surface area contributed by atoms with Crippen molar-refractivity contribution in [3.63, 3.8) is 0 Å². The van der Waals surface area contributed by atoms with Crippen LogP contribution in [0.4, 0.5) is 0 Å². The second-order valence-corrected chi connectivity index (χ2v) is 2.30. The lowest BCUT2D eigenvalue weighted by Gasteiger charge is -1.97. The molecule has 1 heterocycles. The summed E-state index contributed by atoms with van der Waals surface area (Å²) < 4.78 is 9.65. The number of epoxide rings is 1. The van der Waals surface area contributed by atoms with Gasteiger partial charge in [-0.2, -0.15) is 0 Å². The second kappa shape index (κ2) is 3.56. The summed E-state index contributed by atoms with van der Waals surface area (Å²) in [7, 11) is 0. The van der Waals surface area contributed by atoms with Gasteiger partial charge in [0.25, 0.3) is 0 Å². The van der Waals surface area contributed by atoms with Crippen LogP contribution in [0.25, 0.3) is 0 Å². The highest BCUT2D eigenvalue weighted by molar-refractivity contribution is 5.69. The van der Waals surface area contributed by atoms with Crippen LogP contribution in [-0.4, -0.2) is 25.3 Å². The minimum absolute atomic E-state index is 0.113. The van der Waals surface area contributed by atoms with E-state index in [1.807, 2.05) is 6.92 Å². The molecular formula is C7H12O3. The van der Waals surface area contributed by atoms with Crippen molar-refractivity contribution in [2.24, 2.45) is 0 Å². The lowest BCUT2D eigenvalue weighted by Crippen LogP contribution is -2.04. The third-order valence-corrected chi connectivity index (χ3v) is 1.38. The van der Waals surface area contributed by atoms with Gasteiger partial charge in [0.2, 0.25) is 0 Å². The molecule has 3 nitrogen and oxygen atoms in total. The molecule has 1 aliphatic heterocycles. The minimum atomic E-state index is -0.113. The van der Waals surface area contributed by atoms with Crippen LogP contribution in [0.1, 0.15) is 19.8 Å². The Morgan fingerprint density at radius 1 is 1.80 bits per heavy atom. The maximum atomic E-state index is 10.7. The molecule has 1 atom stereocenters. The third-order valence-electron chi connectivity index (χ3n) is 1.38. The molecule has 0 spiro atoms. The highest BCUT2D eigenvalue weighted by Gasteiger charge is 2.22. The Labute approximate surface area is 60.3 Å². The van der Waals surface area contributed by atoms with E-state index in [1.165, 1.54) is 0 Å². The predicted molar refractivity (Wildman–Crippen MR) is 35.6 cm³/mol. The van der Waals surface area contributed by atoms with Crippen molar-refractivity contribution in [2.75, 3.05) is 13.2 Å². The molecule has 0 aromatic carbocycles. The Hall–Kier alpha value is -0.570. The number of rotatable bonds is 4. The summed E-state index contributed by atoms with van der Waals surface area (Å²) in [6.07, 6.45) is 1.65. The van der Waals surface area contributed by atoms with E-state index in [0.717, 1.165) is 13.0 Å². The van der Waals surface area contributed by atoms with E-state index in [9.17, 15) is 4.79 Å². The average molecular weight is 144 g/mol. The lowest BCUT2D eigenvalue weighted by atomic mass is 10.2. The summed E-state index contributed by atoms with van der Waals surface area (Å²) in [5.41, 5.74) is 0. The Balaban J connectivity index is 1.94. The lowest BCUT2D eigenvalue weighted by molar-refractivity contribution is -0.143. The van der Waals surface area contributed by atoms with Crippen molar-refractivity contribution in [1.29, 1.82) is 0 Å². The van der Waals surface area contributed by atoms with Gasteiger partial charge in [0.1, 0.15) is 0 Å². The fraction of sp³-hybridized carbons (Fsp3) is 0.857. The number of esters is 1. The number of hydrogen-bond acceptors (Lipinski definition) is 3. The van der Waals surface area contributed by atoms with Crippen LogP contribution in [-0.2, 0) is 14.3 Å². The molecular weight excluding hydrogens is 132 g/mol. The van der Waals surface area contributed by atoms with Crippen LogP contribution in [0.3, 0.4) is 0 Å². The molecule has 0 unspecified atom stereocenters. The normalized spacial score (nSPS) is 22.3. The predicted octanol–water partition coefficient (Wildman–Crippen LogP) is 0.729. The van der Waals surface area contributed by atoms with Gasteiger partial charge < -0.3 is 9.47 Å². The molecule has 10 heavy (non-hydrogen) atoms. The second-order valence-electron chi connectivity index (χ2n) is 2.30. The first-order valence-electron chi connectivity index (χ1n) is 3.60. The largest absolute Gasteiger partial charge is 0.466 e. The van der Waals surface area contributed by atoms with E-state index in [4.69, 9.17) is 9.47 Å². The molecule has 1 saturated heterocycles. The van der Waals surface area contributed by atoms with E-state index in [2.05, 4.69) is 0 Å². The van der Waals surface area contributed by atoms with Gasteiger partial charge in [-0.1, -0.05) is 0 Å². The molecule has 0 radical (unpaired) electrons. The van der Waals surface area contributed by atoms with Gasteiger partial charge in [0.05, 0.1) is 19.3 Å². The van der Waals surface area contributed by atoms with Crippen LogP contribution in [0.5, 0.6) is 0 Å². The first-order valence-corrected chi connectivity index (χ1v) is 3.60. The van der Waals surface area contributed by atoms with Crippen LogP contribution < -0.4 is 0 Å². The SMILES string of the molecule is CCOC(=O)CC[C@H]1CO1. The molecule has 0 bridgehead atoms. The van der Waals surface area contributed by atoms with Crippen molar-refractivity contribution in [2.45, 2.75) is 25.9 Å². The van der Waals surface area contributed by atoms with Gasteiger partial charge in [-0.15, -0.1) is 0 Å². The summed E-state index contributed by atoms with van der Waals surface area (Å²) in [4.78, 5) is 10.7. The topological polar surface area (TPSA) is 38.8 Å². The summed E-state index contributed by atoms with van der Waals surface area (Å²) in [5, 5.41) is 0. The van der Waals surface area contributed by atoms with Crippen LogP contribution >= 0.6 is 0 Å². The smallest absolute Gasteiger partial charge is 0.305 e. The van der Waals surface area contributed by atoms with E-state index in [-0.39, 0.29) is 5.97 Å². The summed E-state index contributed by atoms with van der Waals surface area (Å²) in [5.74, 6) is -0.113. The fourth-order valence-corrected chi connectivity index (χ4v) is 0.747. The molecule has 3 heteroatoms. The maximum absolute atomic E-state index is 10.7. The zero-order valence-electron chi connectivity index (χ0n) is 6.13. The van der Waals surface area contributed by atoms with Gasteiger partial charge in [-0.05, 0) is 13.3 Å². The van der Waals surface area contributed by atoms with Gasteiger partial charge in [0, 0.05) is 6.42 Å². The molecule has 1 rings (SSSR count). The average Bonchev–Trinajstić information content (AvgIpc) is 2.67. The summed E-state index contributed by atoms with van der Waals surface area (Å²) in [6, 6.07) is 0. The number of hydrogen-bond donors (Lipinski definition) is 0. The number of carbonyl (C=O) groups is 1. The standard InChI is InChI=1S/C7H12O3/c1-2-9-7(8)4-3-6-5-10-6/h6H,2-5H2,1H3/t6-/m0/s1. The van der Waals surface area contributed by atoms with Gasteiger partial charge in [-0.25, -0.2) is 0 Å². The first-order chi connectivity index (χ1) is 4.83.